The SMILES string of the molecule is COc1ccc(CN(C)C(=O)/C=C\C=O)cc1. The van der Waals surface area contributed by atoms with Crippen molar-refractivity contribution >= 4 is 12.2 Å². The van der Waals surface area contributed by atoms with Crippen molar-refractivity contribution < 1.29 is 14.3 Å². The van der Waals surface area contributed by atoms with Crippen molar-refractivity contribution in [2.75, 3.05) is 14.2 Å². The molecule has 1 amide bonds. The van der Waals surface area contributed by atoms with Crippen LogP contribution in [-0.4, -0.2) is 31.3 Å². The molecule has 0 radical (unpaired) electrons. The van der Waals surface area contributed by atoms with Crippen LogP contribution in [0, 0.1) is 0 Å². The Kier molecular flexibility index (Phi) is 4.94. The summed E-state index contributed by atoms with van der Waals surface area (Å²) in [4.78, 5) is 23.1. The van der Waals surface area contributed by atoms with Crippen LogP contribution in [0.1, 0.15) is 5.56 Å². The molecule has 0 aliphatic carbocycles. The van der Waals surface area contributed by atoms with Crippen LogP contribution < -0.4 is 4.74 Å². The Morgan fingerprint density at radius 1 is 1.35 bits per heavy atom. The Morgan fingerprint density at radius 2 is 2.00 bits per heavy atom. The average molecular weight is 233 g/mol. The van der Waals surface area contributed by atoms with Gasteiger partial charge in [-0.25, -0.2) is 0 Å². The molecule has 90 valence electrons. The Labute approximate surface area is 100 Å². The van der Waals surface area contributed by atoms with Crippen LogP contribution >= 0.6 is 0 Å². The molecule has 0 aliphatic rings. The van der Waals surface area contributed by atoms with Gasteiger partial charge in [0.2, 0.25) is 5.91 Å². The Balaban J connectivity index is 2.60. The van der Waals surface area contributed by atoms with Gasteiger partial charge in [-0.1, -0.05) is 12.1 Å². The van der Waals surface area contributed by atoms with Crippen LogP contribution in [0.15, 0.2) is 36.4 Å². The maximum atomic E-state index is 11.5. The second-order valence-corrected chi connectivity index (χ2v) is 3.54. The van der Waals surface area contributed by atoms with E-state index in [1.165, 1.54) is 17.1 Å². The van der Waals surface area contributed by atoms with Gasteiger partial charge in [-0.2, -0.15) is 0 Å². The first-order chi connectivity index (χ1) is 8.17. The van der Waals surface area contributed by atoms with Gasteiger partial charge >= 0.3 is 0 Å². The third-order valence-electron chi connectivity index (χ3n) is 2.27. The van der Waals surface area contributed by atoms with Crippen molar-refractivity contribution in [1.82, 2.24) is 4.90 Å². The lowest BCUT2D eigenvalue weighted by molar-refractivity contribution is -0.125. The van der Waals surface area contributed by atoms with Gasteiger partial charge in [-0.15, -0.1) is 0 Å². The zero-order valence-corrected chi connectivity index (χ0v) is 9.92. The molecule has 0 N–H and O–H groups in total. The highest BCUT2D eigenvalue weighted by atomic mass is 16.5. The molecule has 1 aromatic rings. The average Bonchev–Trinajstić information content (AvgIpc) is 2.36. The molecule has 0 spiro atoms. The fourth-order valence-corrected chi connectivity index (χ4v) is 1.33. The largest absolute Gasteiger partial charge is 0.497 e. The number of hydrogen-bond acceptors (Lipinski definition) is 3. The molecule has 0 aromatic heterocycles. The zero-order chi connectivity index (χ0) is 12.7. The van der Waals surface area contributed by atoms with Gasteiger partial charge in [0.15, 0.2) is 0 Å². The number of amides is 1. The summed E-state index contributed by atoms with van der Waals surface area (Å²) in [5, 5.41) is 0. The topological polar surface area (TPSA) is 46.6 Å². The first kappa shape index (κ1) is 13.0. The molecule has 0 atom stereocenters. The highest BCUT2D eigenvalue weighted by Gasteiger charge is 2.05. The van der Waals surface area contributed by atoms with E-state index in [0.717, 1.165) is 11.3 Å². The lowest BCUT2D eigenvalue weighted by Gasteiger charge is -2.15. The van der Waals surface area contributed by atoms with Crippen LogP contribution in [0.3, 0.4) is 0 Å². The molecule has 0 fully saturated rings. The van der Waals surface area contributed by atoms with Crippen LogP contribution in [0.25, 0.3) is 0 Å². The van der Waals surface area contributed by atoms with Crippen molar-refractivity contribution in [2.24, 2.45) is 0 Å². The van der Waals surface area contributed by atoms with E-state index in [2.05, 4.69) is 0 Å². The molecule has 0 saturated carbocycles. The van der Waals surface area contributed by atoms with E-state index in [-0.39, 0.29) is 5.91 Å². The van der Waals surface area contributed by atoms with E-state index in [0.29, 0.717) is 12.8 Å². The van der Waals surface area contributed by atoms with Crippen LogP contribution in [0.4, 0.5) is 0 Å². The summed E-state index contributed by atoms with van der Waals surface area (Å²) in [6.45, 7) is 0.492. The molecular formula is C13H15NO3. The summed E-state index contributed by atoms with van der Waals surface area (Å²) in [5.74, 6) is 0.580. The number of nitrogens with zero attached hydrogens (tertiary/aromatic N) is 1. The first-order valence-corrected chi connectivity index (χ1v) is 5.17. The molecule has 0 heterocycles. The van der Waals surface area contributed by atoms with Crippen molar-refractivity contribution in [1.29, 1.82) is 0 Å². The summed E-state index contributed by atoms with van der Waals surface area (Å²) in [7, 11) is 3.29. The van der Waals surface area contributed by atoms with E-state index in [1.807, 2.05) is 24.3 Å². The van der Waals surface area contributed by atoms with Crippen molar-refractivity contribution in [3.63, 3.8) is 0 Å². The van der Waals surface area contributed by atoms with E-state index < -0.39 is 0 Å². The minimum absolute atomic E-state index is 0.201. The highest BCUT2D eigenvalue weighted by Crippen LogP contribution is 2.12. The van der Waals surface area contributed by atoms with Gasteiger partial charge in [0.05, 0.1) is 7.11 Å². The smallest absolute Gasteiger partial charge is 0.246 e. The van der Waals surface area contributed by atoms with E-state index >= 15 is 0 Å². The Hall–Kier alpha value is -2.10. The van der Waals surface area contributed by atoms with Crippen LogP contribution in [0.2, 0.25) is 0 Å². The van der Waals surface area contributed by atoms with Crippen molar-refractivity contribution in [2.45, 2.75) is 6.54 Å². The molecule has 17 heavy (non-hydrogen) atoms. The summed E-state index contributed by atoms with van der Waals surface area (Å²) in [6.07, 6.45) is 3.02. The fraction of sp³-hybridized carbons (Fsp3) is 0.231. The summed E-state index contributed by atoms with van der Waals surface area (Å²) in [5.41, 5.74) is 1.00. The Bertz CT molecular complexity index is 409. The Morgan fingerprint density at radius 3 is 2.53 bits per heavy atom. The third-order valence-corrected chi connectivity index (χ3v) is 2.27. The summed E-state index contributed by atoms with van der Waals surface area (Å²) < 4.78 is 5.04. The molecule has 0 bridgehead atoms. The van der Waals surface area contributed by atoms with Gasteiger partial charge in [0.1, 0.15) is 12.0 Å². The maximum Gasteiger partial charge on any atom is 0.246 e. The number of carbonyl (C=O) groups is 2. The lowest BCUT2D eigenvalue weighted by Crippen LogP contribution is -2.24. The van der Waals surface area contributed by atoms with Gasteiger partial charge in [-0.05, 0) is 23.8 Å². The number of rotatable bonds is 5. The predicted molar refractivity (Wildman–Crippen MR) is 64.7 cm³/mol. The van der Waals surface area contributed by atoms with Gasteiger partial charge in [0, 0.05) is 19.7 Å². The monoisotopic (exact) mass is 233 g/mol. The minimum Gasteiger partial charge on any atom is -0.497 e. The molecule has 0 unspecified atom stereocenters. The molecule has 0 aliphatic heterocycles. The van der Waals surface area contributed by atoms with Crippen LogP contribution in [-0.2, 0) is 16.1 Å². The number of methoxy groups -OCH3 is 1. The second-order valence-electron chi connectivity index (χ2n) is 3.54. The number of ether oxygens (including phenoxy) is 1. The quantitative estimate of drug-likeness (QED) is 0.570. The van der Waals surface area contributed by atoms with Gasteiger partial charge in [-0.3, -0.25) is 9.59 Å². The lowest BCUT2D eigenvalue weighted by atomic mass is 10.2. The number of hydrogen-bond donors (Lipinski definition) is 0. The second kappa shape index (κ2) is 6.48. The van der Waals surface area contributed by atoms with Gasteiger partial charge < -0.3 is 9.64 Å². The molecular weight excluding hydrogens is 218 g/mol. The van der Waals surface area contributed by atoms with E-state index in [9.17, 15) is 9.59 Å². The molecule has 1 aromatic carbocycles. The number of carbonyl (C=O) groups excluding carboxylic acids is 2. The summed E-state index contributed by atoms with van der Waals surface area (Å²) >= 11 is 0. The number of likely N-dealkylation sites (N-methyl/N-ethyl adjacent to an activating group) is 1. The molecule has 4 nitrogen and oxygen atoms in total. The number of allylic oxidation sites excluding steroid dienone is 1. The highest BCUT2D eigenvalue weighted by molar-refractivity contribution is 5.90. The first-order valence-electron chi connectivity index (χ1n) is 5.17. The molecule has 1 rings (SSSR count). The van der Waals surface area contributed by atoms with E-state index in [4.69, 9.17) is 4.74 Å². The summed E-state index contributed by atoms with van der Waals surface area (Å²) in [6, 6.07) is 7.47. The standard InChI is InChI=1S/C13H15NO3/c1-14(13(16)4-3-9-15)10-11-5-7-12(17-2)8-6-11/h3-9H,10H2,1-2H3/b4-3-. The van der Waals surface area contributed by atoms with Crippen molar-refractivity contribution in [3.8, 4) is 5.75 Å². The van der Waals surface area contributed by atoms with Gasteiger partial charge in [0.25, 0.3) is 0 Å². The normalized spacial score (nSPS) is 10.2. The predicted octanol–water partition coefficient (Wildman–Crippen LogP) is 1.41. The fourth-order valence-electron chi connectivity index (χ4n) is 1.33. The zero-order valence-electron chi connectivity index (χ0n) is 9.92. The maximum absolute atomic E-state index is 11.5. The number of benzene rings is 1. The molecule has 0 saturated heterocycles. The van der Waals surface area contributed by atoms with E-state index in [1.54, 1.807) is 14.2 Å². The molecule has 4 heteroatoms. The van der Waals surface area contributed by atoms with Crippen molar-refractivity contribution in [3.05, 3.63) is 42.0 Å². The van der Waals surface area contributed by atoms with Crippen LogP contribution in [0.5, 0.6) is 5.75 Å². The number of aldehydes is 1. The minimum atomic E-state index is -0.201. The third kappa shape index (κ3) is 4.10.